The van der Waals surface area contributed by atoms with Crippen LogP contribution in [-0.2, 0) is 19.3 Å². The highest BCUT2D eigenvalue weighted by molar-refractivity contribution is 6.59. The fourth-order valence-electron chi connectivity index (χ4n) is 2.92. The van der Waals surface area contributed by atoms with Crippen LogP contribution < -0.4 is 5.46 Å². The van der Waals surface area contributed by atoms with Gasteiger partial charge in [0.2, 0.25) is 0 Å². The van der Waals surface area contributed by atoms with Crippen molar-refractivity contribution in [1.29, 1.82) is 0 Å². The molecule has 0 bridgehead atoms. The monoisotopic (exact) mass is 290 g/mol. The van der Waals surface area contributed by atoms with Crippen LogP contribution >= 0.6 is 0 Å². The second kappa shape index (κ2) is 10.0. The highest BCUT2D eigenvalue weighted by Crippen LogP contribution is 2.21. The van der Waals surface area contributed by atoms with Crippen molar-refractivity contribution in [3.8, 4) is 0 Å². The van der Waals surface area contributed by atoms with Crippen molar-refractivity contribution in [3.63, 3.8) is 0 Å². The van der Waals surface area contributed by atoms with Crippen LogP contribution in [0.1, 0.15) is 76.0 Å². The van der Waals surface area contributed by atoms with Crippen LogP contribution in [0.25, 0.3) is 0 Å². The van der Waals surface area contributed by atoms with E-state index in [2.05, 4.69) is 26.8 Å². The highest BCUT2D eigenvalue weighted by Gasteiger charge is 2.20. The molecule has 2 nitrogen and oxygen atoms in total. The summed E-state index contributed by atoms with van der Waals surface area (Å²) >= 11 is 0. The second-order valence-electron chi connectivity index (χ2n) is 5.96. The Morgan fingerprint density at radius 3 is 1.81 bits per heavy atom. The SMILES string of the molecule is CCCCc1ccc(B(O)O)c(CCCC)c1CCCC. The molecule has 21 heavy (non-hydrogen) atoms. The van der Waals surface area contributed by atoms with Crippen molar-refractivity contribution < 1.29 is 10.0 Å². The Morgan fingerprint density at radius 1 is 0.762 bits per heavy atom. The summed E-state index contributed by atoms with van der Waals surface area (Å²) in [5.74, 6) is 0. The van der Waals surface area contributed by atoms with E-state index in [1.54, 1.807) is 0 Å². The molecule has 0 spiro atoms. The third kappa shape index (κ3) is 5.48. The van der Waals surface area contributed by atoms with E-state index in [0.717, 1.165) is 37.6 Å². The molecule has 0 aliphatic heterocycles. The number of benzene rings is 1. The lowest BCUT2D eigenvalue weighted by atomic mass is 9.72. The summed E-state index contributed by atoms with van der Waals surface area (Å²) in [4.78, 5) is 0. The Kier molecular flexibility index (Phi) is 8.71. The van der Waals surface area contributed by atoms with Gasteiger partial charge in [-0.25, -0.2) is 0 Å². The molecule has 0 radical (unpaired) electrons. The van der Waals surface area contributed by atoms with Crippen molar-refractivity contribution in [2.45, 2.75) is 78.6 Å². The summed E-state index contributed by atoms with van der Waals surface area (Å²) in [6.07, 6.45) is 10.1. The summed E-state index contributed by atoms with van der Waals surface area (Å²) in [5.41, 5.74) is 4.73. The molecule has 0 atom stereocenters. The van der Waals surface area contributed by atoms with Gasteiger partial charge in [0.25, 0.3) is 0 Å². The molecule has 118 valence electrons. The number of rotatable bonds is 10. The lowest BCUT2D eigenvalue weighted by molar-refractivity contribution is 0.425. The minimum absolute atomic E-state index is 0.717. The molecular weight excluding hydrogens is 259 g/mol. The van der Waals surface area contributed by atoms with Gasteiger partial charge in [0.1, 0.15) is 0 Å². The maximum atomic E-state index is 9.68. The van der Waals surface area contributed by atoms with Crippen molar-refractivity contribution in [2.75, 3.05) is 0 Å². The highest BCUT2D eigenvalue weighted by atomic mass is 16.4. The van der Waals surface area contributed by atoms with E-state index in [1.807, 2.05) is 6.07 Å². The van der Waals surface area contributed by atoms with E-state index in [4.69, 9.17) is 0 Å². The first-order chi connectivity index (χ1) is 10.2. The third-order valence-electron chi connectivity index (χ3n) is 4.20. The van der Waals surface area contributed by atoms with Gasteiger partial charge in [0.05, 0.1) is 0 Å². The molecule has 0 fully saturated rings. The number of hydrogen-bond donors (Lipinski definition) is 2. The fourth-order valence-corrected chi connectivity index (χ4v) is 2.92. The fraction of sp³-hybridized carbons (Fsp3) is 0.667. The van der Waals surface area contributed by atoms with E-state index in [-0.39, 0.29) is 0 Å². The van der Waals surface area contributed by atoms with E-state index in [1.165, 1.54) is 42.4 Å². The standard InChI is InChI=1S/C18H31BO2/c1-4-7-10-15-13-14-18(19(20)21)17(12-9-6-3)16(15)11-8-5-2/h13-14,20-21H,4-12H2,1-3H3. The lowest BCUT2D eigenvalue weighted by Crippen LogP contribution is -2.34. The Morgan fingerprint density at radius 2 is 1.29 bits per heavy atom. The van der Waals surface area contributed by atoms with Crippen LogP contribution in [0.2, 0.25) is 0 Å². The van der Waals surface area contributed by atoms with Gasteiger partial charge >= 0.3 is 7.12 Å². The average molecular weight is 290 g/mol. The normalized spacial score (nSPS) is 10.9. The number of unbranched alkanes of at least 4 members (excludes halogenated alkanes) is 3. The molecule has 1 rings (SSSR count). The van der Waals surface area contributed by atoms with Gasteiger partial charge < -0.3 is 10.0 Å². The van der Waals surface area contributed by atoms with Gasteiger partial charge in [0, 0.05) is 0 Å². The molecule has 2 N–H and O–H groups in total. The molecule has 3 heteroatoms. The molecule has 0 aliphatic carbocycles. The molecule has 0 amide bonds. The second-order valence-corrected chi connectivity index (χ2v) is 5.96. The summed E-state index contributed by atoms with van der Waals surface area (Å²) in [7, 11) is -1.35. The third-order valence-corrected chi connectivity index (χ3v) is 4.20. The van der Waals surface area contributed by atoms with Crippen LogP contribution in [0.15, 0.2) is 12.1 Å². The summed E-state index contributed by atoms with van der Waals surface area (Å²) in [6, 6.07) is 4.04. The molecule has 0 unspecified atom stereocenters. The van der Waals surface area contributed by atoms with Crippen LogP contribution in [-0.4, -0.2) is 17.2 Å². The summed E-state index contributed by atoms with van der Waals surface area (Å²) < 4.78 is 0. The Bertz CT molecular complexity index is 416. The van der Waals surface area contributed by atoms with Crippen LogP contribution in [0.4, 0.5) is 0 Å². The number of hydrogen-bond acceptors (Lipinski definition) is 2. The summed E-state index contributed by atoms with van der Waals surface area (Å²) in [6.45, 7) is 6.61. The van der Waals surface area contributed by atoms with Gasteiger partial charge in [-0.3, -0.25) is 0 Å². The van der Waals surface area contributed by atoms with Gasteiger partial charge in [-0.15, -0.1) is 0 Å². The zero-order valence-corrected chi connectivity index (χ0v) is 14.0. The smallest absolute Gasteiger partial charge is 0.423 e. The predicted molar refractivity (Wildman–Crippen MR) is 92.1 cm³/mol. The molecule has 0 heterocycles. The first-order valence-corrected chi connectivity index (χ1v) is 8.65. The molecule has 0 saturated heterocycles. The summed E-state index contributed by atoms with van der Waals surface area (Å²) in [5, 5.41) is 19.4. The molecule has 0 saturated carbocycles. The van der Waals surface area contributed by atoms with Gasteiger partial charge in [-0.05, 0) is 60.7 Å². The Labute approximate surface area is 130 Å². The zero-order valence-electron chi connectivity index (χ0n) is 14.0. The molecule has 0 aliphatic rings. The van der Waals surface area contributed by atoms with Crippen LogP contribution in [0, 0.1) is 0 Å². The van der Waals surface area contributed by atoms with Gasteiger partial charge in [-0.1, -0.05) is 52.2 Å². The van der Waals surface area contributed by atoms with E-state index >= 15 is 0 Å². The Hall–Kier alpha value is -0.795. The van der Waals surface area contributed by atoms with E-state index in [0.29, 0.717) is 0 Å². The van der Waals surface area contributed by atoms with Crippen molar-refractivity contribution in [1.82, 2.24) is 0 Å². The first kappa shape index (κ1) is 18.3. The van der Waals surface area contributed by atoms with Gasteiger partial charge in [0.15, 0.2) is 0 Å². The maximum absolute atomic E-state index is 9.68. The van der Waals surface area contributed by atoms with E-state index in [9.17, 15) is 10.0 Å². The predicted octanol–water partition coefficient (Wildman–Crippen LogP) is 3.39. The zero-order chi connectivity index (χ0) is 15.7. The Balaban J connectivity index is 3.19. The quantitative estimate of drug-likeness (QED) is 0.648. The molecule has 1 aromatic rings. The minimum Gasteiger partial charge on any atom is -0.423 e. The van der Waals surface area contributed by atoms with Crippen molar-refractivity contribution in [2.24, 2.45) is 0 Å². The van der Waals surface area contributed by atoms with Crippen molar-refractivity contribution in [3.05, 3.63) is 28.8 Å². The maximum Gasteiger partial charge on any atom is 0.488 e. The minimum atomic E-state index is -1.35. The van der Waals surface area contributed by atoms with Crippen LogP contribution in [0.5, 0.6) is 0 Å². The largest absolute Gasteiger partial charge is 0.488 e. The lowest BCUT2D eigenvalue weighted by Gasteiger charge is -2.19. The van der Waals surface area contributed by atoms with Crippen molar-refractivity contribution >= 4 is 12.6 Å². The van der Waals surface area contributed by atoms with Gasteiger partial charge in [-0.2, -0.15) is 0 Å². The molecule has 0 aromatic heterocycles. The topological polar surface area (TPSA) is 40.5 Å². The van der Waals surface area contributed by atoms with E-state index < -0.39 is 7.12 Å². The first-order valence-electron chi connectivity index (χ1n) is 8.65. The van der Waals surface area contributed by atoms with Crippen LogP contribution in [0.3, 0.4) is 0 Å². The average Bonchev–Trinajstić information content (AvgIpc) is 2.48. The number of aryl methyl sites for hydroxylation is 1. The molecule has 1 aromatic carbocycles. The molecular formula is C18H31BO2.